The highest BCUT2D eigenvalue weighted by atomic mass is 32.1. The number of aryl methyl sites for hydroxylation is 2. The smallest absolute Gasteiger partial charge is 0.146 e. The summed E-state index contributed by atoms with van der Waals surface area (Å²) < 4.78 is 0. The molecular weight excluding hydrogens is 156 g/mol. The third-order valence-corrected chi connectivity index (χ3v) is 2.68. The zero-order valence-corrected chi connectivity index (χ0v) is 7.27. The van der Waals surface area contributed by atoms with Crippen molar-refractivity contribution in [1.82, 2.24) is 10.2 Å². The SMILES string of the molecule is Cc1nnc2sccc2c1C. The molecule has 56 valence electrons. The highest BCUT2D eigenvalue weighted by Gasteiger charge is 2.02. The van der Waals surface area contributed by atoms with Crippen LogP contribution in [0.15, 0.2) is 11.4 Å². The molecule has 0 atom stereocenters. The Hall–Kier alpha value is -0.960. The fourth-order valence-corrected chi connectivity index (χ4v) is 1.82. The zero-order valence-electron chi connectivity index (χ0n) is 6.46. The van der Waals surface area contributed by atoms with E-state index in [0.29, 0.717) is 0 Å². The van der Waals surface area contributed by atoms with Crippen LogP contribution < -0.4 is 0 Å². The van der Waals surface area contributed by atoms with Crippen LogP contribution in [0, 0.1) is 13.8 Å². The Labute approximate surface area is 68.9 Å². The average Bonchev–Trinajstić information content (AvgIpc) is 2.45. The van der Waals surface area contributed by atoms with Crippen molar-refractivity contribution in [3.05, 3.63) is 22.7 Å². The van der Waals surface area contributed by atoms with E-state index in [-0.39, 0.29) is 0 Å². The summed E-state index contributed by atoms with van der Waals surface area (Å²) in [4.78, 5) is 1.04. The molecule has 0 fully saturated rings. The second-order valence-corrected chi connectivity index (χ2v) is 3.44. The van der Waals surface area contributed by atoms with Crippen molar-refractivity contribution in [1.29, 1.82) is 0 Å². The molecular formula is C8H8N2S. The van der Waals surface area contributed by atoms with E-state index in [1.165, 1.54) is 10.9 Å². The quantitative estimate of drug-likeness (QED) is 0.597. The van der Waals surface area contributed by atoms with Crippen LogP contribution in [0.3, 0.4) is 0 Å². The summed E-state index contributed by atoms with van der Waals surface area (Å²) in [5.41, 5.74) is 2.27. The molecule has 0 saturated heterocycles. The van der Waals surface area contributed by atoms with Crippen LogP contribution >= 0.6 is 11.3 Å². The van der Waals surface area contributed by atoms with Crippen LogP contribution in [-0.4, -0.2) is 10.2 Å². The molecule has 0 bridgehead atoms. The number of hydrogen-bond acceptors (Lipinski definition) is 3. The number of hydrogen-bond donors (Lipinski definition) is 0. The fourth-order valence-electron chi connectivity index (χ4n) is 1.05. The van der Waals surface area contributed by atoms with Crippen LogP contribution in [0.1, 0.15) is 11.3 Å². The van der Waals surface area contributed by atoms with E-state index in [9.17, 15) is 0 Å². The summed E-state index contributed by atoms with van der Waals surface area (Å²) in [7, 11) is 0. The van der Waals surface area contributed by atoms with Crippen LogP contribution in [0.4, 0.5) is 0 Å². The lowest BCUT2D eigenvalue weighted by Gasteiger charge is -1.96. The van der Waals surface area contributed by atoms with Gasteiger partial charge in [0.2, 0.25) is 0 Å². The highest BCUT2D eigenvalue weighted by molar-refractivity contribution is 7.16. The third-order valence-electron chi connectivity index (χ3n) is 1.88. The highest BCUT2D eigenvalue weighted by Crippen LogP contribution is 2.21. The van der Waals surface area contributed by atoms with Crippen molar-refractivity contribution in [2.24, 2.45) is 0 Å². The normalized spacial score (nSPS) is 10.7. The molecule has 0 N–H and O–H groups in total. The summed E-state index contributed by atoms with van der Waals surface area (Å²) in [6.45, 7) is 4.07. The maximum absolute atomic E-state index is 4.07. The number of rotatable bonds is 0. The van der Waals surface area contributed by atoms with E-state index in [0.717, 1.165) is 10.5 Å². The Morgan fingerprint density at radius 1 is 1.27 bits per heavy atom. The van der Waals surface area contributed by atoms with Gasteiger partial charge >= 0.3 is 0 Å². The van der Waals surface area contributed by atoms with E-state index < -0.39 is 0 Å². The van der Waals surface area contributed by atoms with Crippen LogP contribution in [0.25, 0.3) is 10.2 Å². The van der Waals surface area contributed by atoms with E-state index in [1.54, 1.807) is 11.3 Å². The first kappa shape index (κ1) is 6.73. The monoisotopic (exact) mass is 164 g/mol. The maximum Gasteiger partial charge on any atom is 0.146 e. The van der Waals surface area contributed by atoms with Gasteiger partial charge in [-0.2, -0.15) is 5.10 Å². The van der Waals surface area contributed by atoms with E-state index >= 15 is 0 Å². The number of nitrogens with zero attached hydrogens (tertiary/aromatic N) is 2. The molecule has 2 heterocycles. The lowest BCUT2D eigenvalue weighted by molar-refractivity contribution is 1.01. The molecule has 11 heavy (non-hydrogen) atoms. The van der Waals surface area contributed by atoms with Gasteiger partial charge in [-0.3, -0.25) is 0 Å². The lowest BCUT2D eigenvalue weighted by Crippen LogP contribution is -1.89. The molecule has 0 aromatic carbocycles. The van der Waals surface area contributed by atoms with Gasteiger partial charge in [-0.15, -0.1) is 16.4 Å². The van der Waals surface area contributed by atoms with Gasteiger partial charge in [0, 0.05) is 5.39 Å². The molecule has 2 rings (SSSR count). The minimum atomic E-state index is 1.02. The Kier molecular flexibility index (Phi) is 1.39. The molecule has 2 aromatic rings. The Balaban J connectivity index is 2.93. The average molecular weight is 164 g/mol. The predicted molar refractivity (Wildman–Crippen MR) is 46.9 cm³/mol. The largest absolute Gasteiger partial charge is 0.154 e. The van der Waals surface area contributed by atoms with Crippen LogP contribution in [0.5, 0.6) is 0 Å². The van der Waals surface area contributed by atoms with Gasteiger partial charge in [-0.25, -0.2) is 0 Å². The molecule has 0 spiro atoms. The van der Waals surface area contributed by atoms with Crippen molar-refractivity contribution < 1.29 is 0 Å². The molecule has 0 amide bonds. The molecule has 2 aromatic heterocycles. The van der Waals surface area contributed by atoms with Gasteiger partial charge in [0.1, 0.15) is 4.83 Å². The summed E-state index contributed by atoms with van der Waals surface area (Å²) in [6, 6.07) is 2.09. The first-order valence-electron chi connectivity index (χ1n) is 3.46. The van der Waals surface area contributed by atoms with Crippen LogP contribution in [0.2, 0.25) is 0 Å². The Bertz CT molecular complexity index is 392. The lowest BCUT2D eigenvalue weighted by atomic mass is 10.2. The van der Waals surface area contributed by atoms with Gasteiger partial charge in [0.15, 0.2) is 0 Å². The van der Waals surface area contributed by atoms with Crippen molar-refractivity contribution in [2.45, 2.75) is 13.8 Å². The van der Waals surface area contributed by atoms with Gasteiger partial charge in [-0.05, 0) is 30.9 Å². The van der Waals surface area contributed by atoms with E-state index in [1.807, 2.05) is 12.3 Å². The van der Waals surface area contributed by atoms with E-state index in [2.05, 4.69) is 23.2 Å². The minimum absolute atomic E-state index is 1.02. The van der Waals surface area contributed by atoms with Gasteiger partial charge in [-0.1, -0.05) is 0 Å². The Morgan fingerprint density at radius 2 is 2.09 bits per heavy atom. The topological polar surface area (TPSA) is 25.8 Å². The summed E-state index contributed by atoms with van der Waals surface area (Å²) in [5.74, 6) is 0. The fraction of sp³-hybridized carbons (Fsp3) is 0.250. The zero-order chi connectivity index (χ0) is 7.84. The summed E-state index contributed by atoms with van der Waals surface area (Å²) in [5, 5.41) is 11.4. The van der Waals surface area contributed by atoms with Crippen molar-refractivity contribution in [2.75, 3.05) is 0 Å². The number of thiophene rings is 1. The van der Waals surface area contributed by atoms with Gasteiger partial charge < -0.3 is 0 Å². The van der Waals surface area contributed by atoms with Crippen molar-refractivity contribution in [3.63, 3.8) is 0 Å². The first-order valence-corrected chi connectivity index (χ1v) is 4.34. The Morgan fingerprint density at radius 3 is 2.91 bits per heavy atom. The van der Waals surface area contributed by atoms with Gasteiger partial charge in [0.05, 0.1) is 5.69 Å². The third kappa shape index (κ3) is 0.922. The maximum atomic E-state index is 4.07. The van der Waals surface area contributed by atoms with Gasteiger partial charge in [0.25, 0.3) is 0 Å². The summed E-state index contributed by atoms with van der Waals surface area (Å²) >= 11 is 1.64. The second-order valence-electron chi connectivity index (χ2n) is 2.55. The van der Waals surface area contributed by atoms with E-state index in [4.69, 9.17) is 0 Å². The molecule has 2 nitrogen and oxygen atoms in total. The molecule has 0 aliphatic rings. The molecule has 0 radical (unpaired) electrons. The van der Waals surface area contributed by atoms with Crippen LogP contribution in [-0.2, 0) is 0 Å². The molecule has 3 heteroatoms. The molecule has 0 aliphatic heterocycles. The number of fused-ring (bicyclic) bond motifs is 1. The van der Waals surface area contributed by atoms with Crippen molar-refractivity contribution in [3.8, 4) is 0 Å². The molecule has 0 unspecified atom stereocenters. The van der Waals surface area contributed by atoms with Crippen molar-refractivity contribution >= 4 is 21.6 Å². The predicted octanol–water partition coefficient (Wildman–Crippen LogP) is 2.31. The minimum Gasteiger partial charge on any atom is -0.154 e. The molecule has 0 saturated carbocycles. The summed E-state index contributed by atoms with van der Waals surface area (Å²) in [6.07, 6.45) is 0. The molecule has 0 aliphatic carbocycles. The number of aromatic nitrogens is 2. The first-order chi connectivity index (χ1) is 5.29. The standard InChI is InChI=1S/C8H8N2S/c1-5-6(2)9-10-8-7(5)3-4-11-8/h3-4H,1-2H3. The second kappa shape index (κ2) is 2.27.